The van der Waals surface area contributed by atoms with Gasteiger partial charge in [0.25, 0.3) is 0 Å². The Morgan fingerprint density at radius 1 is 1.50 bits per heavy atom. The number of aliphatic hydroxyl groups is 1. The molecule has 1 heterocycles. The Morgan fingerprint density at radius 3 is 2.95 bits per heavy atom. The Labute approximate surface area is 121 Å². The lowest BCUT2D eigenvalue weighted by Gasteiger charge is -2.15. The third-order valence-corrected chi connectivity index (χ3v) is 2.92. The summed E-state index contributed by atoms with van der Waals surface area (Å²) >= 11 is 6.16. The van der Waals surface area contributed by atoms with E-state index >= 15 is 0 Å². The smallest absolute Gasteiger partial charge is 0.319 e. The van der Waals surface area contributed by atoms with Gasteiger partial charge in [-0.1, -0.05) is 17.7 Å². The maximum Gasteiger partial charge on any atom is 0.319 e. The van der Waals surface area contributed by atoms with Crippen molar-refractivity contribution in [2.24, 2.45) is 0 Å². The monoisotopic (exact) mass is 294 g/mol. The average Bonchev–Trinajstić information content (AvgIpc) is 2.92. The van der Waals surface area contributed by atoms with Gasteiger partial charge in [-0.2, -0.15) is 5.10 Å². The van der Waals surface area contributed by atoms with E-state index in [1.807, 2.05) is 0 Å². The molecule has 0 radical (unpaired) electrons. The van der Waals surface area contributed by atoms with Gasteiger partial charge in [0, 0.05) is 12.4 Å². The second kappa shape index (κ2) is 6.40. The minimum absolute atomic E-state index is 0.130. The third-order valence-electron chi connectivity index (χ3n) is 2.62. The van der Waals surface area contributed by atoms with Crippen molar-refractivity contribution in [3.63, 3.8) is 0 Å². The lowest BCUT2D eigenvalue weighted by molar-refractivity contribution is 0.229. The minimum atomic E-state index is -0.415. The predicted octanol–water partition coefficient (Wildman–Crippen LogP) is 2.03. The topological polar surface area (TPSA) is 79.2 Å². The Bertz CT molecular complexity index is 586. The van der Waals surface area contributed by atoms with Crippen molar-refractivity contribution in [1.29, 1.82) is 0 Å². The van der Waals surface area contributed by atoms with Crippen LogP contribution in [0.15, 0.2) is 36.7 Å². The van der Waals surface area contributed by atoms with E-state index in [1.165, 1.54) is 0 Å². The standard InChI is InChI=1S/C13H15ClN4O2/c1-9(8-19)16-13(20)17-11-5-2-4-10(14)12(11)18-7-3-6-15-18/h2-7,9,19H,8H2,1H3,(H2,16,17,20)/t9-/m0/s1. The molecule has 1 aromatic carbocycles. The highest BCUT2D eigenvalue weighted by Gasteiger charge is 2.13. The lowest BCUT2D eigenvalue weighted by Crippen LogP contribution is -2.38. The molecule has 106 valence electrons. The number of para-hydroxylation sites is 1. The number of rotatable bonds is 4. The Balaban J connectivity index is 2.24. The summed E-state index contributed by atoms with van der Waals surface area (Å²) in [6, 6.07) is 6.20. The molecule has 2 amide bonds. The number of hydrogen-bond acceptors (Lipinski definition) is 3. The highest BCUT2D eigenvalue weighted by atomic mass is 35.5. The maximum absolute atomic E-state index is 11.8. The molecule has 2 aromatic rings. The van der Waals surface area contributed by atoms with Gasteiger partial charge >= 0.3 is 6.03 Å². The van der Waals surface area contributed by atoms with Crippen LogP contribution in [-0.2, 0) is 0 Å². The van der Waals surface area contributed by atoms with Crippen molar-refractivity contribution in [1.82, 2.24) is 15.1 Å². The Kier molecular flexibility index (Phi) is 4.60. The molecular formula is C13H15ClN4O2. The summed E-state index contributed by atoms with van der Waals surface area (Å²) in [6.07, 6.45) is 3.36. The molecule has 1 atom stereocenters. The Morgan fingerprint density at radius 2 is 2.30 bits per heavy atom. The van der Waals surface area contributed by atoms with Crippen molar-refractivity contribution in [3.8, 4) is 5.69 Å². The van der Waals surface area contributed by atoms with Crippen molar-refractivity contribution in [2.75, 3.05) is 11.9 Å². The van der Waals surface area contributed by atoms with Crippen LogP contribution in [0, 0.1) is 0 Å². The molecule has 0 bridgehead atoms. The van der Waals surface area contributed by atoms with Gasteiger partial charge in [-0.25, -0.2) is 9.48 Å². The number of hydrogen-bond donors (Lipinski definition) is 3. The fourth-order valence-corrected chi connectivity index (χ4v) is 1.94. The van der Waals surface area contributed by atoms with E-state index in [9.17, 15) is 4.79 Å². The summed E-state index contributed by atoms with van der Waals surface area (Å²) < 4.78 is 1.58. The first-order valence-electron chi connectivity index (χ1n) is 6.08. The van der Waals surface area contributed by atoms with Crippen molar-refractivity contribution < 1.29 is 9.90 Å². The van der Waals surface area contributed by atoms with E-state index in [1.54, 1.807) is 48.3 Å². The van der Waals surface area contributed by atoms with Crippen molar-refractivity contribution in [3.05, 3.63) is 41.7 Å². The highest BCUT2D eigenvalue weighted by Crippen LogP contribution is 2.27. The molecule has 0 aliphatic heterocycles. The maximum atomic E-state index is 11.8. The zero-order valence-electron chi connectivity index (χ0n) is 10.9. The number of nitrogens with zero attached hydrogens (tertiary/aromatic N) is 2. The highest BCUT2D eigenvalue weighted by molar-refractivity contribution is 6.33. The SMILES string of the molecule is C[C@@H](CO)NC(=O)Nc1cccc(Cl)c1-n1cccn1. The summed E-state index contributed by atoms with van der Waals surface area (Å²) in [5, 5.41) is 18.8. The number of carbonyl (C=O) groups is 1. The number of carbonyl (C=O) groups excluding carboxylic acids is 1. The van der Waals surface area contributed by atoms with Crippen LogP contribution in [0.2, 0.25) is 5.02 Å². The second-order valence-electron chi connectivity index (χ2n) is 4.27. The number of anilines is 1. The number of urea groups is 1. The molecule has 0 aliphatic carbocycles. The summed E-state index contributed by atoms with van der Waals surface area (Å²) in [5.41, 5.74) is 1.12. The van der Waals surface area contributed by atoms with Gasteiger partial charge in [0.05, 0.1) is 23.4 Å². The molecular weight excluding hydrogens is 280 g/mol. The van der Waals surface area contributed by atoms with Crippen molar-refractivity contribution in [2.45, 2.75) is 13.0 Å². The summed E-state index contributed by atoms with van der Waals surface area (Å²) in [4.78, 5) is 11.8. The molecule has 2 rings (SSSR count). The van der Waals surface area contributed by atoms with Gasteiger partial charge in [-0.05, 0) is 25.1 Å². The molecule has 7 heteroatoms. The van der Waals surface area contributed by atoms with E-state index in [-0.39, 0.29) is 12.6 Å². The van der Waals surface area contributed by atoms with E-state index in [4.69, 9.17) is 16.7 Å². The van der Waals surface area contributed by atoms with Gasteiger partial charge in [0.2, 0.25) is 0 Å². The minimum Gasteiger partial charge on any atom is -0.394 e. The zero-order valence-corrected chi connectivity index (χ0v) is 11.6. The van der Waals surface area contributed by atoms with Crippen LogP contribution in [-0.4, -0.2) is 33.6 Å². The Hall–Kier alpha value is -2.05. The molecule has 0 spiro atoms. The zero-order chi connectivity index (χ0) is 14.5. The van der Waals surface area contributed by atoms with Crippen LogP contribution in [0.4, 0.5) is 10.5 Å². The first-order valence-corrected chi connectivity index (χ1v) is 6.46. The molecule has 0 unspecified atom stereocenters. The molecule has 0 aliphatic rings. The fraction of sp³-hybridized carbons (Fsp3) is 0.231. The largest absolute Gasteiger partial charge is 0.394 e. The van der Waals surface area contributed by atoms with Crippen molar-refractivity contribution >= 4 is 23.3 Å². The average molecular weight is 295 g/mol. The van der Waals surface area contributed by atoms with Gasteiger partial charge in [0.15, 0.2) is 0 Å². The molecule has 0 saturated carbocycles. The number of amides is 2. The fourth-order valence-electron chi connectivity index (χ4n) is 1.68. The number of aromatic nitrogens is 2. The molecule has 1 aromatic heterocycles. The van der Waals surface area contributed by atoms with Crippen LogP contribution in [0.5, 0.6) is 0 Å². The number of aliphatic hydroxyl groups excluding tert-OH is 1. The third kappa shape index (κ3) is 3.28. The number of nitrogens with one attached hydrogen (secondary N) is 2. The van der Waals surface area contributed by atoms with Gasteiger partial charge in [-0.3, -0.25) is 0 Å². The van der Waals surface area contributed by atoms with E-state index in [0.29, 0.717) is 16.4 Å². The summed E-state index contributed by atoms with van der Waals surface area (Å²) in [5.74, 6) is 0. The van der Waals surface area contributed by atoms with Crippen LogP contribution in [0.25, 0.3) is 5.69 Å². The van der Waals surface area contributed by atoms with E-state index in [0.717, 1.165) is 0 Å². The van der Waals surface area contributed by atoms with Crippen LogP contribution in [0.3, 0.4) is 0 Å². The molecule has 3 N–H and O–H groups in total. The first-order chi connectivity index (χ1) is 9.61. The molecule has 20 heavy (non-hydrogen) atoms. The number of benzene rings is 1. The van der Waals surface area contributed by atoms with E-state index < -0.39 is 6.03 Å². The van der Waals surface area contributed by atoms with E-state index in [2.05, 4.69) is 15.7 Å². The molecule has 0 saturated heterocycles. The summed E-state index contributed by atoms with van der Waals surface area (Å²) in [7, 11) is 0. The normalized spacial score (nSPS) is 11.9. The molecule has 0 fully saturated rings. The number of halogens is 1. The molecule has 6 nitrogen and oxygen atoms in total. The van der Waals surface area contributed by atoms with Crippen LogP contribution >= 0.6 is 11.6 Å². The van der Waals surface area contributed by atoms with Gasteiger partial charge in [0.1, 0.15) is 5.69 Å². The lowest BCUT2D eigenvalue weighted by atomic mass is 10.2. The summed E-state index contributed by atoms with van der Waals surface area (Å²) in [6.45, 7) is 1.57. The first kappa shape index (κ1) is 14.4. The second-order valence-corrected chi connectivity index (χ2v) is 4.68. The van der Waals surface area contributed by atoms with Gasteiger partial charge < -0.3 is 15.7 Å². The quantitative estimate of drug-likeness (QED) is 0.807. The predicted molar refractivity (Wildman–Crippen MR) is 77.3 cm³/mol. The van der Waals surface area contributed by atoms with Crippen LogP contribution < -0.4 is 10.6 Å². The van der Waals surface area contributed by atoms with Crippen LogP contribution in [0.1, 0.15) is 6.92 Å². The van der Waals surface area contributed by atoms with Gasteiger partial charge in [-0.15, -0.1) is 0 Å².